The van der Waals surface area contributed by atoms with Crippen molar-refractivity contribution in [3.8, 4) is 0 Å². The van der Waals surface area contributed by atoms with E-state index in [-0.39, 0.29) is 5.56 Å². The number of nitrogens with zero attached hydrogens (tertiary/aromatic N) is 1. The maximum atomic E-state index is 11.1. The molecule has 0 saturated carbocycles. The van der Waals surface area contributed by atoms with Gasteiger partial charge < -0.3 is 9.72 Å². The van der Waals surface area contributed by atoms with Crippen LogP contribution in [0, 0.1) is 0 Å². The summed E-state index contributed by atoms with van der Waals surface area (Å²) in [5.74, 6) is 0. The molecule has 1 N–H and O–H groups in total. The second-order valence-corrected chi connectivity index (χ2v) is 2.80. The Morgan fingerprint density at radius 2 is 2.19 bits per heavy atom. The first-order chi connectivity index (χ1) is 7.79. The lowest BCUT2D eigenvalue weighted by Crippen LogP contribution is -2.05. The fourth-order valence-electron chi connectivity index (χ4n) is 1.08. The van der Waals surface area contributed by atoms with Crippen LogP contribution >= 0.6 is 0 Å². The van der Waals surface area contributed by atoms with Crippen molar-refractivity contribution in [1.29, 1.82) is 0 Å². The number of aromatic amines is 1. The van der Waals surface area contributed by atoms with Gasteiger partial charge in [0.25, 0.3) is 12.0 Å². The fraction of sp³-hybridized carbons (Fsp3) is 0.182. The molecule has 0 unspecified atom stereocenters. The van der Waals surface area contributed by atoms with E-state index in [0.29, 0.717) is 18.5 Å². The summed E-state index contributed by atoms with van der Waals surface area (Å²) >= 11 is 0. The van der Waals surface area contributed by atoms with Crippen molar-refractivity contribution in [3.63, 3.8) is 0 Å². The molecular formula is C11H12N2O3. The van der Waals surface area contributed by atoms with Crippen LogP contribution in [0.1, 0.15) is 6.92 Å². The molecule has 0 spiro atoms. The number of carbonyl (C=O) groups excluding carboxylic acids is 1. The van der Waals surface area contributed by atoms with Gasteiger partial charge in [0.1, 0.15) is 0 Å². The summed E-state index contributed by atoms with van der Waals surface area (Å²) in [5.41, 5.74) is 0.645. The zero-order chi connectivity index (χ0) is 11.8. The van der Waals surface area contributed by atoms with E-state index >= 15 is 0 Å². The van der Waals surface area contributed by atoms with E-state index in [9.17, 15) is 9.59 Å². The number of benzene rings is 1. The molecular weight excluding hydrogens is 208 g/mol. The number of hydrogen-bond acceptors (Lipinski definition) is 4. The van der Waals surface area contributed by atoms with Crippen LogP contribution in [0.15, 0.2) is 35.4 Å². The van der Waals surface area contributed by atoms with E-state index in [1.54, 1.807) is 13.0 Å². The second-order valence-electron chi connectivity index (χ2n) is 2.80. The van der Waals surface area contributed by atoms with Crippen LogP contribution in [0.3, 0.4) is 0 Å². The van der Waals surface area contributed by atoms with E-state index < -0.39 is 0 Å². The Bertz CT molecular complexity index is 502. The average molecular weight is 220 g/mol. The van der Waals surface area contributed by atoms with Crippen molar-refractivity contribution in [2.45, 2.75) is 6.92 Å². The standard InChI is InChI=1S/C8H6N2O.C3H6O2/c11-8-6-3-1-2-4-7(6)9-5-10-8;1-2-5-3-4/h1-5H,(H,9,10,11);3H,2H2,1H3. The molecule has 1 heterocycles. The maximum absolute atomic E-state index is 11.1. The van der Waals surface area contributed by atoms with Gasteiger partial charge in [-0.25, -0.2) is 4.98 Å². The minimum Gasteiger partial charge on any atom is -0.468 e. The summed E-state index contributed by atoms with van der Waals surface area (Å²) in [6.45, 7) is 2.66. The van der Waals surface area contributed by atoms with Gasteiger partial charge in [0.15, 0.2) is 0 Å². The highest BCUT2D eigenvalue weighted by Gasteiger charge is 1.94. The van der Waals surface area contributed by atoms with Gasteiger partial charge in [-0.1, -0.05) is 12.1 Å². The third-order valence-electron chi connectivity index (χ3n) is 1.78. The molecule has 0 aliphatic rings. The molecule has 2 aromatic rings. The predicted octanol–water partition coefficient (Wildman–Crippen LogP) is 1.10. The summed E-state index contributed by atoms with van der Waals surface area (Å²) in [5, 5.41) is 0.634. The average Bonchev–Trinajstić information content (AvgIpc) is 2.32. The number of H-pyrrole nitrogens is 1. The Labute approximate surface area is 92.1 Å². The minimum absolute atomic E-state index is 0.0874. The molecule has 0 aliphatic carbocycles. The first kappa shape index (κ1) is 11.9. The monoisotopic (exact) mass is 220 g/mol. The lowest BCUT2D eigenvalue weighted by molar-refractivity contribution is -0.128. The normalized spacial score (nSPS) is 9.06. The number of ether oxygens (including phenoxy) is 1. The number of nitrogens with one attached hydrogen (secondary N) is 1. The van der Waals surface area contributed by atoms with Gasteiger partial charge in [-0.3, -0.25) is 9.59 Å². The Balaban J connectivity index is 0.000000221. The molecule has 0 amide bonds. The summed E-state index contributed by atoms with van der Waals surface area (Å²) in [6, 6.07) is 7.24. The number of aromatic nitrogens is 2. The highest BCUT2D eigenvalue weighted by Crippen LogP contribution is 2.02. The second kappa shape index (κ2) is 6.34. The fourth-order valence-corrected chi connectivity index (χ4v) is 1.08. The van der Waals surface area contributed by atoms with Gasteiger partial charge in [0.05, 0.1) is 23.8 Å². The maximum Gasteiger partial charge on any atom is 0.293 e. The highest BCUT2D eigenvalue weighted by molar-refractivity contribution is 5.76. The van der Waals surface area contributed by atoms with E-state index in [0.717, 1.165) is 5.52 Å². The first-order valence-corrected chi connectivity index (χ1v) is 4.77. The van der Waals surface area contributed by atoms with Crippen LogP contribution in [0.4, 0.5) is 0 Å². The molecule has 0 atom stereocenters. The topological polar surface area (TPSA) is 72.1 Å². The van der Waals surface area contributed by atoms with Crippen LogP contribution in [-0.2, 0) is 9.53 Å². The quantitative estimate of drug-likeness (QED) is 0.769. The van der Waals surface area contributed by atoms with E-state index in [1.807, 2.05) is 18.2 Å². The Hall–Kier alpha value is -2.17. The molecule has 0 bridgehead atoms. The third kappa shape index (κ3) is 3.20. The predicted molar refractivity (Wildman–Crippen MR) is 60.1 cm³/mol. The zero-order valence-electron chi connectivity index (χ0n) is 8.84. The molecule has 0 saturated heterocycles. The van der Waals surface area contributed by atoms with Crippen LogP contribution < -0.4 is 5.56 Å². The van der Waals surface area contributed by atoms with Gasteiger partial charge >= 0.3 is 0 Å². The molecule has 1 aromatic carbocycles. The summed E-state index contributed by atoms with van der Waals surface area (Å²) in [6.07, 6.45) is 1.41. The first-order valence-electron chi connectivity index (χ1n) is 4.77. The van der Waals surface area contributed by atoms with E-state index in [4.69, 9.17) is 0 Å². The molecule has 0 fully saturated rings. The van der Waals surface area contributed by atoms with Gasteiger partial charge in [0.2, 0.25) is 0 Å². The number of para-hydroxylation sites is 1. The lowest BCUT2D eigenvalue weighted by atomic mass is 10.2. The van der Waals surface area contributed by atoms with E-state index in [1.165, 1.54) is 6.33 Å². The minimum atomic E-state index is -0.0874. The Morgan fingerprint density at radius 3 is 2.75 bits per heavy atom. The van der Waals surface area contributed by atoms with Gasteiger partial charge in [-0.15, -0.1) is 0 Å². The Kier molecular flexibility index (Phi) is 4.72. The van der Waals surface area contributed by atoms with Crippen LogP contribution in [-0.4, -0.2) is 23.0 Å². The molecule has 5 nitrogen and oxygen atoms in total. The molecule has 0 radical (unpaired) electrons. The summed E-state index contributed by atoms with van der Waals surface area (Å²) < 4.78 is 4.15. The summed E-state index contributed by atoms with van der Waals surface area (Å²) in [7, 11) is 0. The number of rotatable bonds is 2. The van der Waals surface area contributed by atoms with Crippen LogP contribution in [0.2, 0.25) is 0 Å². The van der Waals surface area contributed by atoms with Gasteiger partial charge in [-0.05, 0) is 19.1 Å². The van der Waals surface area contributed by atoms with Crippen molar-refractivity contribution in [3.05, 3.63) is 40.9 Å². The molecule has 5 heteroatoms. The van der Waals surface area contributed by atoms with Gasteiger partial charge in [0, 0.05) is 0 Å². The zero-order valence-corrected chi connectivity index (χ0v) is 8.84. The van der Waals surface area contributed by atoms with Crippen LogP contribution in [0.5, 0.6) is 0 Å². The molecule has 1 aromatic heterocycles. The molecule has 84 valence electrons. The third-order valence-corrected chi connectivity index (χ3v) is 1.78. The van der Waals surface area contributed by atoms with Crippen molar-refractivity contribution in [1.82, 2.24) is 9.97 Å². The molecule has 0 aliphatic heterocycles. The van der Waals surface area contributed by atoms with Gasteiger partial charge in [-0.2, -0.15) is 0 Å². The largest absolute Gasteiger partial charge is 0.468 e. The SMILES string of the molecule is CCOC=O.O=c1[nH]cnc2ccccc12. The smallest absolute Gasteiger partial charge is 0.293 e. The highest BCUT2D eigenvalue weighted by atomic mass is 16.5. The Morgan fingerprint density at radius 1 is 1.44 bits per heavy atom. The number of hydrogen-bond donors (Lipinski definition) is 1. The molecule has 2 rings (SSSR count). The van der Waals surface area contributed by atoms with Crippen molar-refractivity contribution >= 4 is 17.4 Å². The lowest BCUT2D eigenvalue weighted by Gasteiger charge is -1.91. The van der Waals surface area contributed by atoms with Crippen LogP contribution in [0.25, 0.3) is 10.9 Å². The van der Waals surface area contributed by atoms with Crippen molar-refractivity contribution in [2.75, 3.05) is 6.61 Å². The molecule has 16 heavy (non-hydrogen) atoms. The van der Waals surface area contributed by atoms with E-state index in [2.05, 4.69) is 14.7 Å². The van der Waals surface area contributed by atoms with Crippen molar-refractivity contribution in [2.24, 2.45) is 0 Å². The number of fused-ring (bicyclic) bond motifs is 1. The summed E-state index contributed by atoms with van der Waals surface area (Å²) in [4.78, 5) is 26.8. The number of carbonyl (C=O) groups is 1. The van der Waals surface area contributed by atoms with Crippen molar-refractivity contribution < 1.29 is 9.53 Å².